The molecule has 174 valence electrons. The molecule has 2 amide bonds. The molecule has 2 aromatic carbocycles. The number of ether oxygens (including phenoxy) is 3. The van der Waals surface area contributed by atoms with Crippen molar-refractivity contribution < 1.29 is 23.8 Å². The molecule has 9 nitrogen and oxygen atoms in total. The molecular formula is C24H28N4O5. The van der Waals surface area contributed by atoms with Gasteiger partial charge in [0.15, 0.2) is 5.82 Å². The van der Waals surface area contributed by atoms with Gasteiger partial charge in [0, 0.05) is 50.2 Å². The topological polar surface area (TPSA) is 106 Å². The van der Waals surface area contributed by atoms with Gasteiger partial charge in [0.1, 0.15) is 23.4 Å². The van der Waals surface area contributed by atoms with Crippen LogP contribution in [0.4, 0.5) is 5.82 Å². The fraction of sp³-hybridized carbons (Fsp3) is 0.292. The van der Waals surface area contributed by atoms with Crippen molar-refractivity contribution in [2.24, 2.45) is 0 Å². The van der Waals surface area contributed by atoms with Gasteiger partial charge in [-0.25, -0.2) is 0 Å². The largest absolute Gasteiger partial charge is 0.488 e. The number of benzene rings is 2. The first kappa shape index (κ1) is 23.8. The van der Waals surface area contributed by atoms with Crippen molar-refractivity contribution in [3.63, 3.8) is 0 Å². The Morgan fingerprint density at radius 3 is 2.33 bits per heavy atom. The summed E-state index contributed by atoms with van der Waals surface area (Å²) >= 11 is 0. The molecule has 0 saturated carbocycles. The number of nitrogens with zero attached hydrogens (tertiary/aromatic N) is 2. The van der Waals surface area contributed by atoms with Gasteiger partial charge < -0.3 is 24.4 Å². The van der Waals surface area contributed by atoms with Crippen LogP contribution in [0, 0.1) is 6.92 Å². The number of aromatic amines is 1. The number of anilines is 1. The first-order chi connectivity index (χ1) is 15.7. The Bertz CT molecular complexity index is 1110. The highest BCUT2D eigenvalue weighted by Crippen LogP contribution is 2.29. The number of carbonyl (C=O) groups is 2. The van der Waals surface area contributed by atoms with Gasteiger partial charge in [-0.3, -0.25) is 14.7 Å². The van der Waals surface area contributed by atoms with Crippen LogP contribution in [0.3, 0.4) is 0 Å². The van der Waals surface area contributed by atoms with E-state index in [0.29, 0.717) is 40.8 Å². The van der Waals surface area contributed by atoms with E-state index in [0.717, 1.165) is 5.69 Å². The predicted octanol–water partition coefficient (Wildman–Crippen LogP) is 3.88. The molecule has 33 heavy (non-hydrogen) atoms. The van der Waals surface area contributed by atoms with Crippen molar-refractivity contribution >= 4 is 17.6 Å². The highest BCUT2D eigenvalue weighted by Gasteiger charge is 2.15. The van der Waals surface area contributed by atoms with E-state index in [2.05, 4.69) is 15.5 Å². The molecule has 0 unspecified atom stereocenters. The second-order valence-electron chi connectivity index (χ2n) is 7.79. The molecule has 1 aromatic heterocycles. The molecule has 0 radical (unpaired) electrons. The highest BCUT2D eigenvalue weighted by molar-refractivity contribution is 6.04. The summed E-state index contributed by atoms with van der Waals surface area (Å²) in [5.74, 6) is 1.34. The highest BCUT2D eigenvalue weighted by atomic mass is 16.5. The van der Waals surface area contributed by atoms with E-state index < -0.39 is 0 Å². The van der Waals surface area contributed by atoms with Crippen molar-refractivity contribution in [1.82, 2.24) is 15.1 Å². The zero-order valence-corrected chi connectivity index (χ0v) is 19.3. The maximum absolute atomic E-state index is 12.8. The zero-order chi connectivity index (χ0) is 24.0. The maximum atomic E-state index is 12.8. The average molecular weight is 453 g/mol. The SMILES string of the molecule is COC[C@H](C)Oc1cc(Oc2ccc(C(=O)N(C)C)cc2)cc(C(=O)Nc2cc(C)[nH]n2)c1. The summed E-state index contributed by atoms with van der Waals surface area (Å²) < 4.78 is 17.0. The number of carbonyl (C=O) groups excluding carboxylic acids is 2. The Kier molecular flexibility index (Phi) is 7.68. The van der Waals surface area contributed by atoms with Crippen molar-refractivity contribution in [3.8, 4) is 17.2 Å². The summed E-state index contributed by atoms with van der Waals surface area (Å²) in [7, 11) is 4.98. The lowest BCUT2D eigenvalue weighted by molar-refractivity contribution is 0.0827. The zero-order valence-electron chi connectivity index (χ0n) is 19.3. The van der Waals surface area contributed by atoms with Crippen molar-refractivity contribution in [2.75, 3.05) is 33.1 Å². The maximum Gasteiger partial charge on any atom is 0.257 e. The van der Waals surface area contributed by atoms with Crippen LogP contribution in [0.5, 0.6) is 17.2 Å². The van der Waals surface area contributed by atoms with Crippen molar-refractivity contribution in [3.05, 3.63) is 65.4 Å². The van der Waals surface area contributed by atoms with Gasteiger partial charge in [-0.2, -0.15) is 5.10 Å². The minimum absolute atomic E-state index is 0.100. The third-order valence-electron chi connectivity index (χ3n) is 4.57. The van der Waals surface area contributed by atoms with Crippen molar-refractivity contribution in [1.29, 1.82) is 0 Å². The summed E-state index contributed by atoms with van der Waals surface area (Å²) in [5, 5.41) is 9.57. The number of hydrogen-bond donors (Lipinski definition) is 2. The summed E-state index contributed by atoms with van der Waals surface area (Å²) in [6.45, 7) is 4.10. The molecular weight excluding hydrogens is 424 g/mol. The fourth-order valence-electron chi connectivity index (χ4n) is 3.06. The van der Waals surface area contributed by atoms with Crippen LogP contribution in [0.25, 0.3) is 0 Å². The lowest BCUT2D eigenvalue weighted by Gasteiger charge is -2.16. The first-order valence-electron chi connectivity index (χ1n) is 10.4. The van der Waals surface area contributed by atoms with Crippen LogP contribution in [0.1, 0.15) is 33.3 Å². The van der Waals surface area contributed by atoms with E-state index in [1.165, 1.54) is 4.90 Å². The van der Waals surface area contributed by atoms with Crippen LogP contribution in [0.2, 0.25) is 0 Å². The van der Waals surface area contributed by atoms with Gasteiger partial charge in [-0.15, -0.1) is 0 Å². The Labute approximate surface area is 192 Å². The molecule has 0 bridgehead atoms. The van der Waals surface area contributed by atoms with Gasteiger partial charge in [-0.05, 0) is 50.2 Å². The van der Waals surface area contributed by atoms with Gasteiger partial charge in [0.25, 0.3) is 11.8 Å². The first-order valence-corrected chi connectivity index (χ1v) is 10.4. The minimum Gasteiger partial charge on any atom is -0.488 e. The second kappa shape index (κ2) is 10.6. The molecule has 3 aromatic rings. The molecule has 3 rings (SSSR count). The molecule has 0 fully saturated rings. The standard InChI is InChI=1S/C24H28N4O5/c1-15-10-22(27-26-15)25-23(29)18-11-20(32-16(2)14-31-5)13-21(12-18)33-19-8-6-17(7-9-19)24(30)28(3)4/h6-13,16H,14H2,1-5H3,(H2,25,26,27,29)/t16-/m0/s1. The normalized spacial score (nSPS) is 11.5. The Morgan fingerprint density at radius 1 is 1.03 bits per heavy atom. The molecule has 0 spiro atoms. The predicted molar refractivity (Wildman–Crippen MR) is 124 cm³/mol. The molecule has 0 aliphatic heterocycles. The summed E-state index contributed by atoms with van der Waals surface area (Å²) in [6, 6.07) is 13.4. The summed E-state index contributed by atoms with van der Waals surface area (Å²) in [6.07, 6.45) is -0.230. The monoisotopic (exact) mass is 452 g/mol. The summed E-state index contributed by atoms with van der Waals surface area (Å²) in [4.78, 5) is 26.4. The van der Waals surface area contributed by atoms with Crippen molar-refractivity contribution in [2.45, 2.75) is 20.0 Å². The second-order valence-corrected chi connectivity index (χ2v) is 7.79. The van der Waals surface area contributed by atoms with E-state index in [1.807, 2.05) is 13.8 Å². The van der Waals surface area contributed by atoms with Crippen LogP contribution in [0.15, 0.2) is 48.5 Å². The van der Waals surface area contributed by atoms with Gasteiger partial charge in [0.2, 0.25) is 0 Å². The number of methoxy groups -OCH3 is 1. The Morgan fingerprint density at radius 2 is 1.73 bits per heavy atom. The molecule has 0 aliphatic carbocycles. The quantitative estimate of drug-likeness (QED) is 0.510. The van der Waals surface area contributed by atoms with Gasteiger partial charge in [-0.1, -0.05) is 0 Å². The lowest BCUT2D eigenvalue weighted by atomic mass is 10.1. The number of amides is 2. The van der Waals surface area contributed by atoms with E-state index >= 15 is 0 Å². The fourth-order valence-corrected chi connectivity index (χ4v) is 3.06. The van der Waals surface area contributed by atoms with E-state index in [-0.39, 0.29) is 17.9 Å². The summed E-state index contributed by atoms with van der Waals surface area (Å²) in [5.41, 5.74) is 1.72. The van der Waals surface area contributed by atoms with Gasteiger partial charge >= 0.3 is 0 Å². The molecule has 0 saturated heterocycles. The van der Waals surface area contributed by atoms with E-state index in [4.69, 9.17) is 14.2 Å². The Hall–Kier alpha value is -3.85. The molecule has 1 heterocycles. The van der Waals surface area contributed by atoms with E-state index in [1.54, 1.807) is 69.7 Å². The third-order valence-corrected chi connectivity index (χ3v) is 4.57. The van der Waals surface area contributed by atoms with E-state index in [9.17, 15) is 9.59 Å². The van der Waals surface area contributed by atoms with Crippen LogP contribution >= 0.6 is 0 Å². The van der Waals surface area contributed by atoms with Crippen LogP contribution in [-0.2, 0) is 4.74 Å². The number of aromatic nitrogens is 2. The van der Waals surface area contributed by atoms with Crippen LogP contribution in [-0.4, -0.2) is 60.8 Å². The number of hydrogen-bond acceptors (Lipinski definition) is 6. The molecule has 0 aliphatic rings. The number of H-pyrrole nitrogens is 1. The minimum atomic E-state index is -0.358. The van der Waals surface area contributed by atoms with Crippen LogP contribution < -0.4 is 14.8 Å². The molecule has 1 atom stereocenters. The Balaban J connectivity index is 1.85. The van der Waals surface area contributed by atoms with Gasteiger partial charge in [0.05, 0.1) is 6.61 Å². The average Bonchev–Trinajstić information content (AvgIpc) is 3.18. The molecule has 2 N–H and O–H groups in total. The number of aryl methyl sites for hydroxylation is 1. The molecule has 9 heteroatoms. The lowest BCUT2D eigenvalue weighted by Crippen LogP contribution is -2.21. The number of nitrogens with one attached hydrogen (secondary N) is 2. The smallest absolute Gasteiger partial charge is 0.257 e. The third kappa shape index (κ3) is 6.56. The number of rotatable bonds is 9.